The van der Waals surface area contributed by atoms with Crippen molar-refractivity contribution in [3.05, 3.63) is 29.8 Å². The quantitative estimate of drug-likeness (QED) is 0.886. The molecule has 0 radical (unpaired) electrons. The molecule has 6 heteroatoms. The highest BCUT2D eigenvalue weighted by molar-refractivity contribution is 7.89. The number of hydrogen-bond acceptors (Lipinski definition) is 4. The van der Waals surface area contributed by atoms with Crippen molar-refractivity contribution in [3.63, 3.8) is 0 Å². The number of benzene rings is 1. The van der Waals surface area contributed by atoms with Crippen LogP contribution in [0.1, 0.15) is 19.4 Å². The van der Waals surface area contributed by atoms with E-state index in [0.717, 1.165) is 5.56 Å². The zero-order chi connectivity index (χ0) is 15.8. The predicted octanol–water partition coefficient (Wildman–Crippen LogP) is 1.14. The molecule has 1 aromatic carbocycles. The summed E-state index contributed by atoms with van der Waals surface area (Å²) < 4.78 is 25.5. The summed E-state index contributed by atoms with van der Waals surface area (Å²) in [6.07, 6.45) is 0. The van der Waals surface area contributed by atoms with Crippen molar-refractivity contribution in [2.45, 2.75) is 30.9 Å². The number of aliphatic hydroxyl groups is 1. The molecule has 1 aliphatic rings. The normalized spacial score (nSPS) is 19.0. The maximum absolute atomic E-state index is 12.1. The average Bonchev–Trinajstić information content (AvgIpc) is 2.36. The van der Waals surface area contributed by atoms with Gasteiger partial charge in [0.2, 0.25) is 10.0 Å². The van der Waals surface area contributed by atoms with E-state index in [2.05, 4.69) is 4.90 Å². The second-order valence-corrected chi connectivity index (χ2v) is 8.49. The van der Waals surface area contributed by atoms with Crippen LogP contribution in [-0.4, -0.2) is 55.5 Å². The van der Waals surface area contributed by atoms with Crippen LogP contribution in [0.5, 0.6) is 0 Å². The number of β-amino-alcohol motifs (C(OH)–C–C–N with tert-alkyl or cyclic N) is 1. The largest absolute Gasteiger partial charge is 0.387 e. The van der Waals surface area contributed by atoms with Crippen LogP contribution in [0.15, 0.2) is 29.2 Å². The second-order valence-electron chi connectivity index (χ2n) is 6.34. The van der Waals surface area contributed by atoms with Crippen molar-refractivity contribution in [1.82, 2.24) is 9.21 Å². The van der Waals surface area contributed by atoms with Gasteiger partial charge in [-0.1, -0.05) is 26.0 Å². The SMILES string of the molecule is CC(C)C1(O)CN(Cc2cccc(S(=O)(=O)N(C)C)c2)C1. The van der Waals surface area contributed by atoms with Gasteiger partial charge in [-0.05, 0) is 23.6 Å². The van der Waals surface area contributed by atoms with Gasteiger partial charge >= 0.3 is 0 Å². The molecule has 0 aliphatic carbocycles. The average molecular weight is 312 g/mol. The van der Waals surface area contributed by atoms with Gasteiger partial charge in [0.15, 0.2) is 0 Å². The van der Waals surface area contributed by atoms with Gasteiger partial charge in [0, 0.05) is 33.7 Å². The van der Waals surface area contributed by atoms with Gasteiger partial charge in [-0.25, -0.2) is 12.7 Å². The van der Waals surface area contributed by atoms with Crippen LogP contribution in [0, 0.1) is 5.92 Å². The van der Waals surface area contributed by atoms with Crippen LogP contribution in [0.2, 0.25) is 0 Å². The summed E-state index contributed by atoms with van der Waals surface area (Å²) in [6, 6.07) is 7.00. The highest BCUT2D eigenvalue weighted by Crippen LogP contribution is 2.30. The van der Waals surface area contributed by atoms with Crippen LogP contribution in [0.3, 0.4) is 0 Å². The first-order chi connectivity index (χ1) is 9.65. The number of likely N-dealkylation sites (tertiary alicyclic amines) is 1. The molecule has 0 bridgehead atoms. The molecule has 0 amide bonds. The number of nitrogens with zero attached hydrogens (tertiary/aromatic N) is 2. The van der Waals surface area contributed by atoms with Crippen LogP contribution >= 0.6 is 0 Å². The molecule has 1 aliphatic heterocycles. The molecule has 0 unspecified atom stereocenters. The minimum atomic E-state index is -3.39. The molecule has 1 N–H and O–H groups in total. The number of hydrogen-bond donors (Lipinski definition) is 1. The molecule has 1 fully saturated rings. The van der Waals surface area contributed by atoms with E-state index in [-0.39, 0.29) is 5.92 Å². The summed E-state index contributed by atoms with van der Waals surface area (Å²) in [5.74, 6) is 0.231. The Hall–Kier alpha value is -0.950. The molecular weight excluding hydrogens is 288 g/mol. The van der Waals surface area contributed by atoms with Crippen molar-refractivity contribution in [3.8, 4) is 0 Å². The van der Waals surface area contributed by atoms with E-state index in [4.69, 9.17) is 0 Å². The Kier molecular flexibility index (Phi) is 4.44. The molecule has 1 heterocycles. The highest BCUT2D eigenvalue weighted by Gasteiger charge is 2.43. The minimum Gasteiger partial charge on any atom is -0.387 e. The fraction of sp³-hybridized carbons (Fsp3) is 0.600. The third-order valence-electron chi connectivity index (χ3n) is 4.15. The summed E-state index contributed by atoms with van der Waals surface area (Å²) in [7, 11) is -0.339. The molecular formula is C15H24N2O3S. The molecule has 0 aromatic heterocycles. The Morgan fingerprint density at radius 1 is 1.33 bits per heavy atom. The Balaban J connectivity index is 2.07. The van der Waals surface area contributed by atoms with E-state index in [9.17, 15) is 13.5 Å². The van der Waals surface area contributed by atoms with E-state index in [0.29, 0.717) is 24.5 Å². The fourth-order valence-corrected chi connectivity index (χ4v) is 3.45. The predicted molar refractivity (Wildman–Crippen MR) is 82.4 cm³/mol. The molecule has 0 spiro atoms. The van der Waals surface area contributed by atoms with Gasteiger partial charge in [-0.3, -0.25) is 4.90 Å². The van der Waals surface area contributed by atoms with E-state index in [1.54, 1.807) is 18.2 Å². The highest BCUT2D eigenvalue weighted by atomic mass is 32.2. The van der Waals surface area contributed by atoms with Crippen molar-refractivity contribution in [1.29, 1.82) is 0 Å². The Morgan fingerprint density at radius 3 is 2.48 bits per heavy atom. The standard InChI is InChI=1S/C15H24N2O3S/c1-12(2)15(18)10-17(11-15)9-13-6-5-7-14(8-13)21(19,20)16(3)4/h5-8,12,18H,9-11H2,1-4H3. The first-order valence-corrected chi connectivity index (χ1v) is 8.55. The lowest BCUT2D eigenvalue weighted by Gasteiger charge is -2.49. The fourth-order valence-electron chi connectivity index (χ4n) is 2.48. The minimum absolute atomic E-state index is 0.231. The van der Waals surface area contributed by atoms with Gasteiger partial charge in [0.05, 0.1) is 10.5 Å². The van der Waals surface area contributed by atoms with E-state index < -0.39 is 15.6 Å². The van der Waals surface area contributed by atoms with Crippen LogP contribution in [0.4, 0.5) is 0 Å². The molecule has 118 valence electrons. The Morgan fingerprint density at radius 2 is 1.95 bits per heavy atom. The molecule has 5 nitrogen and oxygen atoms in total. The summed E-state index contributed by atoms with van der Waals surface area (Å²) in [5, 5.41) is 10.2. The Bertz CT molecular complexity index is 605. The van der Waals surface area contributed by atoms with Gasteiger partial charge < -0.3 is 5.11 Å². The molecule has 1 saturated heterocycles. The van der Waals surface area contributed by atoms with Crippen LogP contribution in [-0.2, 0) is 16.6 Å². The van der Waals surface area contributed by atoms with E-state index in [1.165, 1.54) is 18.4 Å². The molecule has 1 aromatic rings. The van der Waals surface area contributed by atoms with Gasteiger partial charge in [0.25, 0.3) is 0 Å². The smallest absolute Gasteiger partial charge is 0.242 e. The first kappa shape index (κ1) is 16.4. The van der Waals surface area contributed by atoms with Crippen molar-refractivity contribution in [2.75, 3.05) is 27.2 Å². The molecule has 0 saturated carbocycles. The molecule has 21 heavy (non-hydrogen) atoms. The Labute approximate surface area is 127 Å². The summed E-state index contributed by atoms with van der Waals surface area (Å²) in [5.41, 5.74) is 0.344. The maximum Gasteiger partial charge on any atom is 0.242 e. The molecule has 2 rings (SSSR count). The summed E-state index contributed by atoms with van der Waals surface area (Å²) in [4.78, 5) is 2.44. The van der Waals surface area contributed by atoms with Crippen molar-refractivity contribution < 1.29 is 13.5 Å². The van der Waals surface area contributed by atoms with Crippen LogP contribution in [0.25, 0.3) is 0 Å². The number of sulfonamides is 1. The first-order valence-electron chi connectivity index (χ1n) is 7.11. The van der Waals surface area contributed by atoms with Crippen molar-refractivity contribution in [2.24, 2.45) is 5.92 Å². The third-order valence-corrected chi connectivity index (χ3v) is 5.96. The second kappa shape index (κ2) is 5.68. The maximum atomic E-state index is 12.1. The third kappa shape index (κ3) is 3.29. The zero-order valence-electron chi connectivity index (χ0n) is 13.1. The van der Waals surface area contributed by atoms with Gasteiger partial charge in [-0.2, -0.15) is 0 Å². The monoisotopic (exact) mass is 312 g/mol. The summed E-state index contributed by atoms with van der Waals surface area (Å²) in [6.45, 7) is 5.96. The van der Waals surface area contributed by atoms with Gasteiger partial charge in [-0.15, -0.1) is 0 Å². The molecule has 0 atom stereocenters. The van der Waals surface area contributed by atoms with E-state index >= 15 is 0 Å². The van der Waals surface area contributed by atoms with Crippen LogP contribution < -0.4 is 0 Å². The topological polar surface area (TPSA) is 60.9 Å². The lowest BCUT2D eigenvalue weighted by atomic mass is 9.83. The summed E-state index contributed by atoms with van der Waals surface area (Å²) >= 11 is 0. The lowest BCUT2D eigenvalue weighted by molar-refractivity contribution is -0.130. The number of rotatable bonds is 5. The lowest BCUT2D eigenvalue weighted by Crippen LogP contribution is -2.63. The van der Waals surface area contributed by atoms with Gasteiger partial charge in [0.1, 0.15) is 0 Å². The van der Waals surface area contributed by atoms with E-state index in [1.807, 2.05) is 19.9 Å². The van der Waals surface area contributed by atoms with Crippen molar-refractivity contribution >= 4 is 10.0 Å². The zero-order valence-corrected chi connectivity index (χ0v) is 13.9.